The summed E-state index contributed by atoms with van der Waals surface area (Å²) in [6, 6.07) is 0.132. The summed E-state index contributed by atoms with van der Waals surface area (Å²) in [5, 5.41) is 27.1. The predicted octanol–water partition coefficient (Wildman–Crippen LogP) is -2.35. The second kappa shape index (κ2) is 3.90. The van der Waals surface area contributed by atoms with Gasteiger partial charge in [0.05, 0.1) is 0 Å². The third kappa shape index (κ3) is 1.51. The van der Waals surface area contributed by atoms with Gasteiger partial charge in [-0.3, -0.25) is 0 Å². The van der Waals surface area contributed by atoms with Crippen LogP contribution in [-0.4, -0.2) is 83.9 Å². The minimum absolute atomic E-state index is 0.132. The van der Waals surface area contributed by atoms with Gasteiger partial charge in [-0.2, -0.15) is 0 Å². The Bertz CT molecular complexity index is 265. The molecule has 4 nitrogen and oxygen atoms in total. The Labute approximate surface area is 95.0 Å². The Balaban J connectivity index is 2.30. The first-order chi connectivity index (χ1) is 6.63. The van der Waals surface area contributed by atoms with Crippen LogP contribution in [0.1, 0.15) is 6.42 Å². The number of ether oxygens (including phenoxy) is 1. The molecule has 14 heavy (non-hydrogen) atoms. The first kappa shape index (κ1) is 11.1. The van der Waals surface area contributed by atoms with Crippen LogP contribution in [0.25, 0.3) is 0 Å². The van der Waals surface area contributed by atoms with Crippen LogP contribution in [0.4, 0.5) is 0 Å². The molecule has 0 bridgehead atoms. The summed E-state index contributed by atoms with van der Waals surface area (Å²) in [5.41, 5.74) is 0. The van der Waals surface area contributed by atoms with Crippen molar-refractivity contribution in [2.45, 2.75) is 28.3 Å². The average molecular weight is 225 g/mol. The number of hydrogen-bond acceptors (Lipinski definition) is 4. The van der Waals surface area contributed by atoms with E-state index in [1.54, 1.807) is 0 Å². The molecule has 0 spiro atoms. The molecule has 2 aliphatic rings. The molecule has 0 saturated carbocycles. The van der Waals surface area contributed by atoms with Crippen molar-refractivity contribution in [1.29, 1.82) is 0 Å². The zero-order valence-corrected chi connectivity index (χ0v) is 10.3. The van der Waals surface area contributed by atoms with Crippen molar-refractivity contribution >= 4 is 40.3 Å². The van der Waals surface area contributed by atoms with Crippen LogP contribution in [0, 0.1) is 0 Å². The zero-order valence-electron chi connectivity index (χ0n) is 7.97. The molecule has 2 aliphatic heterocycles. The van der Waals surface area contributed by atoms with Gasteiger partial charge in [-0.15, -0.1) is 0 Å². The van der Waals surface area contributed by atoms with Crippen LogP contribution in [0.2, 0.25) is 0 Å². The maximum atomic E-state index is 9.68. The second-order valence-corrected chi connectivity index (χ2v) is 7.10. The van der Waals surface area contributed by atoms with Gasteiger partial charge in [0.2, 0.25) is 0 Å². The molecular formula is C8H13Al2NO3. The van der Waals surface area contributed by atoms with E-state index in [2.05, 4.69) is 10.8 Å². The Hall–Kier alpha value is 0.645. The molecule has 2 rings (SSSR count). The van der Waals surface area contributed by atoms with Crippen molar-refractivity contribution in [2.24, 2.45) is 0 Å². The second-order valence-electron chi connectivity index (χ2n) is 3.81. The van der Waals surface area contributed by atoms with Gasteiger partial charge in [0.15, 0.2) is 0 Å². The molecule has 2 saturated heterocycles. The molecule has 2 heterocycles. The van der Waals surface area contributed by atoms with Crippen molar-refractivity contribution in [1.82, 2.24) is 4.90 Å². The third-order valence-electron chi connectivity index (χ3n) is 3.07. The van der Waals surface area contributed by atoms with Gasteiger partial charge in [0.25, 0.3) is 0 Å². The molecule has 0 amide bonds. The topological polar surface area (TPSA) is 52.9 Å². The minimum atomic E-state index is -0.861. The van der Waals surface area contributed by atoms with E-state index in [9.17, 15) is 10.2 Å². The van der Waals surface area contributed by atoms with E-state index >= 15 is 0 Å². The molecule has 0 aliphatic carbocycles. The first-order valence-corrected chi connectivity index (χ1v) is 7.48. The van der Waals surface area contributed by atoms with Crippen molar-refractivity contribution < 1.29 is 14.9 Å². The molecule has 2 fully saturated rings. The van der Waals surface area contributed by atoms with Crippen molar-refractivity contribution in [3.05, 3.63) is 0 Å². The molecule has 0 aromatic heterocycles. The quantitative estimate of drug-likeness (QED) is 0.517. The molecule has 6 heteroatoms. The van der Waals surface area contributed by atoms with E-state index < -0.39 is 6.41 Å². The maximum absolute atomic E-state index is 9.68. The van der Waals surface area contributed by atoms with Gasteiger partial charge in [-0.05, 0) is 0 Å². The van der Waals surface area contributed by atoms with E-state index in [0.717, 1.165) is 0 Å². The van der Waals surface area contributed by atoms with Crippen molar-refractivity contribution in [3.63, 3.8) is 0 Å². The fourth-order valence-corrected chi connectivity index (χ4v) is 4.61. The predicted molar refractivity (Wildman–Crippen MR) is 56.7 cm³/mol. The van der Waals surface area contributed by atoms with Crippen LogP contribution in [0.3, 0.4) is 0 Å². The van der Waals surface area contributed by atoms with Crippen molar-refractivity contribution in [2.75, 3.05) is 6.54 Å². The third-order valence-corrected chi connectivity index (χ3v) is 6.80. The average Bonchev–Trinajstić information content (AvgIpc) is 2.66. The molecule has 2 unspecified atom stereocenters. The van der Waals surface area contributed by atoms with Gasteiger partial charge < -0.3 is 0 Å². The van der Waals surface area contributed by atoms with E-state index in [0.29, 0.717) is 13.0 Å². The van der Waals surface area contributed by atoms with Gasteiger partial charge >= 0.3 is 95.0 Å². The monoisotopic (exact) mass is 225 g/mol. The number of aliphatic hydroxyl groups excluding tert-OH is 2. The zero-order chi connectivity index (χ0) is 10.3. The molecule has 0 aromatic rings. The van der Waals surface area contributed by atoms with E-state index in [4.69, 9.17) is 4.74 Å². The Morgan fingerprint density at radius 2 is 2.00 bits per heavy atom. The Kier molecular flexibility index (Phi) is 3.11. The van der Waals surface area contributed by atoms with E-state index in [-0.39, 0.29) is 45.0 Å². The summed E-state index contributed by atoms with van der Waals surface area (Å²) in [6.07, 6.45) is -0.516. The molecular weight excluding hydrogens is 212 g/mol. The van der Waals surface area contributed by atoms with Gasteiger partial charge in [-0.25, -0.2) is 0 Å². The van der Waals surface area contributed by atoms with Crippen LogP contribution >= 0.6 is 0 Å². The molecule has 2 N–H and O–H groups in total. The summed E-state index contributed by atoms with van der Waals surface area (Å²) in [7, 11) is 0. The normalized spacial score (nSPS) is 40.3. The van der Waals surface area contributed by atoms with E-state index in [1.807, 2.05) is 4.90 Å². The number of rotatable bonds is 2. The first-order valence-electron chi connectivity index (χ1n) is 4.70. The van der Waals surface area contributed by atoms with Crippen LogP contribution < -0.4 is 0 Å². The number of nitrogens with zero attached hydrogens (tertiary/aromatic N) is 1. The standard InChI is InChI=1S/C6H9NO3.2CH2.2Al/c8-5-1-4-3-10-6(9)7(4)2-5;;;;/h4-6,8-9H,1-2H2;2*1H2;;/t4?,5-,6?;;;;/m0..../s1. The fourth-order valence-electron chi connectivity index (χ4n) is 2.31. The van der Waals surface area contributed by atoms with Gasteiger partial charge in [-0.1, -0.05) is 0 Å². The van der Waals surface area contributed by atoms with Crippen LogP contribution in [-0.2, 0) is 4.74 Å². The summed E-state index contributed by atoms with van der Waals surface area (Å²) in [5.74, 6) is 0. The number of aliphatic hydroxyl groups is 2. The molecule has 0 radical (unpaired) electrons. The van der Waals surface area contributed by atoms with Crippen LogP contribution in [0.15, 0.2) is 0 Å². The van der Waals surface area contributed by atoms with Crippen LogP contribution in [0.5, 0.6) is 0 Å². The summed E-state index contributed by atoms with van der Waals surface area (Å²) in [6.45, 7) is 0.506. The molecule has 3 atom stereocenters. The van der Waals surface area contributed by atoms with Gasteiger partial charge in [0.1, 0.15) is 0 Å². The molecule has 0 aromatic carbocycles. The summed E-state index contributed by atoms with van der Waals surface area (Å²) in [4.78, 5) is 1.83. The Morgan fingerprint density at radius 3 is 2.57 bits per heavy atom. The van der Waals surface area contributed by atoms with Crippen molar-refractivity contribution in [3.8, 4) is 0 Å². The van der Waals surface area contributed by atoms with E-state index in [1.165, 1.54) is 0 Å². The number of fused-ring (bicyclic) bond motifs is 1. The SMILES string of the molecule is [CH2]=[Al][C]1([Al]=[CH2])OC(O)N2C[C@@H](O)CC21. The van der Waals surface area contributed by atoms with Gasteiger partial charge in [0, 0.05) is 0 Å². The number of hydrogen-bond donors (Lipinski definition) is 2. The summed E-state index contributed by atoms with van der Waals surface area (Å²) < 4.78 is 5.27. The molecule has 74 valence electrons. The fraction of sp³-hybridized carbons (Fsp3) is 0.750. The summed E-state index contributed by atoms with van der Waals surface area (Å²) >= 11 is -0.272. The Morgan fingerprint density at radius 1 is 1.36 bits per heavy atom.